The number of hydrogen-bond acceptors (Lipinski definition) is 6. The number of carbonyl (C=O) groups is 1. The number of nitrogens with zero attached hydrogens (tertiary/aromatic N) is 3. The van der Waals surface area contributed by atoms with E-state index >= 15 is 0 Å². The van der Waals surface area contributed by atoms with E-state index in [1.54, 1.807) is 0 Å². The molecule has 1 amide bonds. The Morgan fingerprint density at radius 3 is 2.78 bits per heavy atom. The normalized spacial score (nSPS) is 21.7. The summed E-state index contributed by atoms with van der Waals surface area (Å²) in [7, 11) is 0. The van der Waals surface area contributed by atoms with Gasteiger partial charge in [-0.2, -0.15) is 0 Å². The molecule has 1 aromatic carbocycles. The lowest BCUT2D eigenvalue weighted by molar-refractivity contribution is -0.119. The van der Waals surface area contributed by atoms with E-state index in [-0.39, 0.29) is 18.1 Å². The molecular formula is C24H34N4O3S. The van der Waals surface area contributed by atoms with E-state index in [1.165, 1.54) is 17.3 Å². The maximum atomic E-state index is 12.5. The van der Waals surface area contributed by atoms with E-state index in [1.807, 2.05) is 13.0 Å². The first-order valence-corrected chi connectivity index (χ1v) is 12.5. The number of rotatable bonds is 9. The standard InChI is InChI=1S/C24H34N4O3S/c1-18-19(2)28(16-21-9-6-11-30-21)24(26-18)32-17-23(29)25-13-22-15-27(10-12-31-22)14-20-7-4-3-5-8-20/h3-5,7-8,21-22H,6,9-17H2,1-2H3,(H,25,29)/t21-,22+/m1/s1. The van der Waals surface area contributed by atoms with Crippen molar-refractivity contribution >= 4 is 17.7 Å². The van der Waals surface area contributed by atoms with Gasteiger partial charge in [-0.3, -0.25) is 9.69 Å². The first-order valence-electron chi connectivity index (χ1n) is 11.5. The van der Waals surface area contributed by atoms with Gasteiger partial charge in [-0.1, -0.05) is 42.1 Å². The van der Waals surface area contributed by atoms with Gasteiger partial charge in [0, 0.05) is 38.5 Å². The molecule has 4 rings (SSSR count). The van der Waals surface area contributed by atoms with Gasteiger partial charge in [0.1, 0.15) is 0 Å². The zero-order valence-electron chi connectivity index (χ0n) is 19.1. The van der Waals surface area contributed by atoms with Crippen molar-refractivity contribution < 1.29 is 14.3 Å². The molecule has 8 heteroatoms. The van der Waals surface area contributed by atoms with E-state index in [9.17, 15) is 4.79 Å². The summed E-state index contributed by atoms with van der Waals surface area (Å²) in [6.07, 6.45) is 2.48. The minimum atomic E-state index is 0.0146. The van der Waals surface area contributed by atoms with Crippen LogP contribution in [0.25, 0.3) is 0 Å². The van der Waals surface area contributed by atoms with Crippen LogP contribution >= 0.6 is 11.8 Å². The first kappa shape index (κ1) is 23.3. The molecule has 7 nitrogen and oxygen atoms in total. The van der Waals surface area contributed by atoms with Crippen molar-refractivity contribution in [2.45, 2.75) is 57.1 Å². The summed E-state index contributed by atoms with van der Waals surface area (Å²) in [5.41, 5.74) is 3.47. The largest absolute Gasteiger partial charge is 0.376 e. The molecule has 32 heavy (non-hydrogen) atoms. The van der Waals surface area contributed by atoms with Crippen LogP contribution in [0.15, 0.2) is 35.5 Å². The lowest BCUT2D eigenvalue weighted by atomic mass is 10.2. The Bertz CT molecular complexity index is 883. The fourth-order valence-corrected chi connectivity index (χ4v) is 5.17. The molecule has 1 aromatic heterocycles. The smallest absolute Gasteiger partial charge is 0.230 e. The Hall–Kier alpha value is -1.87. The molecule has 0 bridgehead atoms. The van der Waals surface area contributed by atoms with E-state index in [0.29, 0.717) is 18.9 Å². The Labute approximate surface area is 194 Å². The topological polar surface area (TPSA) is 68.6 Å². The summed E-state index contributed by atoms with van der Waals surface area (Å²) in [6.45, 7) is 9.65. The molecule has 2 atom stereocenters. The Morgan fingerprint density at radius 1 is 1.19 bits per heavy atom. The predicted molar refractivity (Wildman–Crippen MR) is 126 cm³/mol. The van der Waals surface area contributed by atoms with Gasteiger partial charge >= 0.3 is 0 Å². The number of hydrogen-bond donors (Lipinski definition) is 1. The summed E-state index contributed by atoms with van der Waals surface area (Å²) >= 11 is 1.50. The molecule has 0 spiro atoms. The molecule has 0 radical (unpaired) electrons. The lowest BCUT2D eigenvalue weighted by Crippen LogP contribution is -2.47. The van der Waals surface area contributed by atoms with Crippen molar-refractivity contribution in [1.82, 2.24) is 19.8 Å². The Morgan fingerprint density at radius 2 is 2.00 bits per heavy atom. The quantitative estimate of drug-likeness (QED) is 0.583. The minimum Gasteiger partial charge on any atom is -0.376 e. The van der Waals surface area contributed by atoms with Gasteiger partial charge in [0.15, 0.2) is 5.16 Å². The fourth-order valence-electron chi connectivity index (χ4n) is 4.24. The highest BCUT2D eigenvalue weighted by Gasteiger charge is 2.23. The average Bonchev–Trinajstić information content (AvgIpc) is 3.41. The number of carbonyl (C=O) groups excluding carboxylic acids is 1. The van der Waals surface area contributed by atoms with Crippen molar-refractivity contribution in [3.8, 4) is 0 Å². The molecule has 0 aliphatic carbocycles. The number of aromatic nitrogens is 2. The minimum absolute atomic E-state index is 0.0146. The van der Waals surface area contributed by atoms with Crippen LogP contribution in [0.3, 0.4) is 0 Å². The highest BCUT2D eigenvalue weighted by atomic mass is 32.2. The molecule has 2 aliphatic rings. The molecule has 0 saturated carbocycles. The van der Waals surface area contributed by atoms with Gasteiger partial charge < -0.3 is 19.4 Å². The molecular weight excluding hydrogens is 424 g/mol. The number of amides is 1. The number of benzene rings is 1. The number of nitrogens with one attached hydrogen (secondary N) is 1. The second-order valence-electron chi connectivity index (χ2n) is 8.62. The van der Waals surface area contributed by atoms with Crippen molar-refractivity contribution in [3.05, 3.63) is 47.3 Å². The van der Waals surface area contributed by atoms with Crippen molar-refractivity contribution in [2.75, 3.05) is 38.6 Å². The predicted octanol–water partition coefficient (Wildman–Crippen LogP) is 2.79. The second-order valence-corrected chi connectivity index (χ2v) is 9.56. The highest BCUT2D eigenvalue weighted by molar-refractivity contribution is 7.99. The van der Waals surface area contributed by atoms with Crippen LogP contribution in [-0.4, -0.2) is 71.2 Å². The van der Waals surface area contributed by atoms with E-state index in [2.05, 4.69) is 51.0 Å². The number of thioether (sulfide) groups is 1. The molecule has 174 valence electrons. The van der Waals surface area contributed by atoms with Crippen molar-refractivity contribution in [1.29, 1.82) is 0 Å². The molecule has 2 aromatic rings. The van der Waals surface area contributed by atoms with Crippen LogP contribution in [0.1, 0.15) is 29.8 Å². The monoisotopic (exact) mass is 458 g/mol. The summed E-state index contributed by atoms with van der Waals surface area (Å²) in [5, 5.41) is 3.94. The average molecular weight is 459 g/mol. The summed E-state index contributed by atoms with van der Waals surface area (Å²) in [4.78, 5) is 19.6. The summed E-state index contributed by atoms with van der Waals surface area (Å²) in [5.74, 6) is 0.364. The van der Waals surface area contributed by atoms with Gasteiger partial charge in [-0.25, -0.2) is 4.98 Å². The summed E-state index contributed by atoms with van der Waals surface area (Å²) in [6, 6.07) is 10.5. The van der Waals surface area contributed by atoms with Crippen LogP contribution in [-0.2, 0) is 27.4 Å². The third-order valence-corrected chi connectivity index (χ3v) is 7.14. The molecule has 0 unspecified atom stereocenters. The van der Waals surface area contributed by atoms with Crippen LogP contribution < -0.4 is 5.32 Å². The fraction of sp³-hybridized carbons (Fsp3) is 0.583. The van der Waals surface area contributed by atoms with Gasteiger partial charge in [-0.15, -0.1) is 0 Å². The zero-order valence-corrected chi connectivity index (χ0v) is 19.9. The van der Waals surface area contributed by atoms with Crippen molar-refractivity contribution in [3.63, 3.8) is 0 Å². The summed E-state index contributed by atoms with van der Waals surface area (Å²) < 4.78 is 13.9. The van der Waals surface area contributed by atoms with E-state index in [0.717, 1.165) is 62.2 Å². The molecule has 2 saturated heterocycles. The SMILES string of the molecule is Cc1nc(SCC(=O)NC[C@H]2CN(Cc3ccccc3)CCO2)n(C[C@H]2CCCO2)c1C. The van der Waals surface area contributed by atoms with Gasteiger partial charge in [0.25, 0.3) is 0 Å². The van der Waals surface area contributed by atoms with Crippen LogP contribution in [0, 0.1) is 13.8 Å². The van der Waals surface area contributed by atoms with E-state index in [4.69, 9.17) is 9.47 Å². The van der Waals surface area contributed by atoms with Gasteiger partial charge in [0.05, 0.1) is 36.8 Å². The van der Waals surface area contributed by atoms with E-state index < -0.39 is 0 Å². The number of aryl methyl sites for hydroxylation is 1. The van der Waals surface area contributed by atoms with Crippen molar-refractivity contribution in [2.24, 2.45) is 0 Å². The molecule has 2 aliphatic heterocycles. The molecule has 3 heterocycles. The maximum Gasteiger partial charge on any atom is 0.230 e. The van der Waals surface area contributed by atoms with Gasteiger partial charge in [0.2, 0.25) is 5.91 Å². The second kappa shape index (κ2) is 11.3. The van der Waals surface area contributed by atoms with Crippen LogP contribution in [0.4, 0.5) is 0 Å². The number of morpholine rings is 1. The lowest BCUT2D eigenvalue weighted by Gasteiger charge is -2.33. The maximum absolute atomic E-state index is 12.5. The zero-order chi connectivity index (χ0) is 22.3. The Kier molecular flexibility index (Phi) is 8.24. The molecule has 2 fully saturated rings. The van der Waals surface area contributed by atoms with Gasteiger partial charge in [-0.05, 0) is 32.3 Å². The van der Waals surface area contributed by atoms with Crippen LogP contribution in [0.2, 0.25) is 0 Å². The third kappa shape index (κ3) is 6.34. The number of imidazole rings is 1. The highest BCUT2D eigenvalue weighted by Crippen LogP contribution is 2.24. The molecule has 1 N–H and O–H groups in total. The first-order chi connectivity index (χ1) is 15.6. The van der Waals surface area contributed by atoms with Crippen LogP contribution in [0.5, 0.6) is 0 Å². The number of ether oxygens (including phenoxy) is 2. The third-order valence-electron chi connectivity index (χ3n) is 6.16. The Balaban J connectivity index is 1.22.